The first kappa shape index (κ1) is 54.4. The molecule has 0 N–H and O–H groups in total. The first-order valence-electron chi connectivity index (χ1n) is 31.4. The third-order valence-corrected chi connectivity index (χ3v) is 15.3. The van der Waals surface area contributed by atoms with Gasteiger partial charge in [0.1, 0.15) is 35.2 Å². The lowest BCUT2D eigenvalue weighted by atomic mass is 9.98. The van der Waals surface area contributed by atoms with Crippen LogP contribution in [-0.4, -0.2) is 0 Å². The predicted molar refractivity (Wildman–Crippen MR) is 346 cm³/mol. The molecule has 0 saturated heterocycles. The minimum Gasteiger partial charge on any atom is -0.201 e. The molecule has 5 aromatic heterocycles. The smallest absolute Gasteiger partial charge is 0.201 e. The molecule has 5 nitrogen and oxygen atoms in total. The second kappa shape index (κ2) is 28.0. The monoisotopic (exact) mass is 1090 g/mol. The number of aryl methyl sites for hydroxylation is 22. The maximum Gasteiger partial charge on any atom is 0.212 e. The Hall–Kier alpha value is -8.15. The van der Waals surface area contributed by atoms with Crippen LogP contribution in [0.25, 0.3) is 56.3 Å². The second-order valence-corrected chi connectivity index (χ2v) is 22.9. The van der Waals surface area contributed by atoms with Gasteiger partial charge in [-0.3, -0.25) is 0 Å². The van der Waals surface area contributed by atoms with E-state index in [1.807, 2.05) is 6.92 Å². The van der Waals surface area contributed by atoms with E-state index < -0.39 is 13.7 Å². The van der Waals surface area contributed by atoms with Crippen LogP contribution < -0.4 is 22.8 Å². The van der Waals surface area contributed by atoms with E-state index in [-0.39, 0.29) is 5.56 Å². The van der Waals surface area contributed by atoms with Gasteiger partial charge >= 0.3 is 0 Å². The molecule has 5 aromatic carbocycles. The topological polar surface area (TPSA) is 19.4 Å². The van der Waals surface area contributed by atoms with Crippen LogP contribution in [0, 0.1) is 118 Å². The SMILES string of the molecule is Cc1ccc(-c2cc(C)c(C)c[n+]2C)c(C)c1.Cc1ccc(-c2cc(C)c(C)cc2C)[n+](C)c1.Cc1ccc(-c2cc(C)cc[n+]2C)c(C)c1.Cc1ccc(-c2ccc(C)c[n+]2C)c(C)c1.[2H]C([2H])([2H])c1ccc(-c2ccc(C([2H])([2H])[2H])c[n+]2C)c(C)c1. The molecule has 10 rings (SSSR count). The van der Waals surface area contributed by atoms with Crippen LogP contribution in [0.5, 0.6) is 0 Å². The molecule has 0 spiro atoms. The Morgan fingerprint density at radius 2 is 0.537 bits per heavy atom. The van der Waals surface area contributed by atoms with Crippen molar-refractivity contribution in [3.8, 4) is 56.3 Å². The fourth-order valence-electron chi connectivity index (χ4n) is 10.5. The molecule has 0 unspecified atom stereocenters. The maximum absolute atomic E-state index is 7.45. The van der Waals surface area contributed by atoms with Crippen LogP contribution in [0.15, 0.2) is 171 Å². The van der Waals surface area contributed by atoms with Crippen LogP contribution in [0.2, 0.25) is 0 Å². The van der Waals surface area contributed by atoms with Gasteiger partial charge in [0.05, 0.1) is 0 Å². The number of benzene rings is 5. The Morgan fingerprint density at radius 3 is 0.976 bits per heavy atom. The van der Waals surface area contributed by atoms with Crippen molar-refractivity contribution in [1.29, 1.82) is 0 Å². The van der Waals surface area contributed by atoms with Crippen LogP contribution in [0.4, 0.5) is 0 Å². The van der Waals surface area contributed by atoms with Gasteiger partial charge in [0.25, 0.3) is 0 Å². The predicted octanol–water partition coefficient (Wildman–Crippen LogP) is 16.1. The Bertz CT molecular complexity index is 3920. The maximum atomic E-state index is 7.45. The summed E-state index contributed by atoms with van der Waals surface area (Å²) < 4.78 is 55.2. The third-order valence-electron chi connectivity index (χ3n) is 15.3. The fraction of sp³-hybridized carbons (Fsp3) is 0.286. The van der Waals surface area contributed by atoms with E-state index in [9.17, 15) is 0 Å². The summed E-state index contributed by atoms with van der Waals surface area (Å²) in [5.74, 6) is 0. The van der Waals surface area contributed by atoms with Crippen LogP contribution >= 0.6 is 0 Å². The van der Waals surface area contributed by atoms with E-state index in [2.05, 4.69) is 277 Å². The first-order chi connectivity index (χ1) is 41.1. The van der Waals surface area contributed by atoms with E-state index in [0.717, 1.165) is 16.8 Å². The van der Waals surface area contributed by atoms with Gasteiger partial charge in [0.15, 0.2) is 31.0 Å². The highest BCUT2D eigenvalue weighted by Crippen LogP contribution is 2.27. The lowest BCUT2D eigenvalue weighted by Gasteiger charge is -2.08. The summed E-state index contributed by atoms with van der Waals surface area (Å²) in [5.41, 5.74) is 32.1. The first-order valence-corrected chi connectivity index (χ1v) is 28.4. The van der Waals surface area contributed by atoms with Gasteiger partial charge in [-0.15, -0.1) is 0 Å². The van der Waals surface area contributed by atoms with Gasteiger partial charge in [0.2, 0.25) is 28.5 Å². The number of pyridine rings is 5. The molecular formula is C77H94N5+5. The molecule has 0 bridgehead atoms. The van der Waals surface area contributed by atoms with E-state index in [4.69, 9.17) is 8.22 Å². The zero-order valence-electron chi connectivity index (χ0n) is 58.9. The van der Waals surface area contributed by atoms with Crippen molar-refractivity contribution in [2.45, 2.75) is 118 Å². The van der Waals surface area contributed by atoms with Crippen molar-refractivity contribution in [2.24, 2.45) is 35.2 Å². The van der Waals surface area contributed by atoms with Crippen LogP contribution in [-0.2, 0) is 35.2 Å². The highest BCUT2D eigenvalue weighted by atomic mass is 14.9. The van der Waals surface area contributed by atoms with Gasteiger partial charge in [-0.25, -0.2) is 22.8 Å². The summed E-state index contributed by atoms with van der Waals surface area (Å²) in [5, 5.41) is 0. The van der Waals surface area contributed by atoms with E-state index in [1.54, 1.807) is 48.1 Å². The molecule has 0 radical (unpaired) electrons. The zero-order valence-corrected chi connectivity index (χ0v) is 52.9. The Kier molecular flexibility index (Phi) is 18.6. The van der Waals surface area contributed by atoms with Crippen LogP contribution in [0.3, 0.4) is 0 Å². The average molecular weight is 1100 g/mol. The molecule has 10 aromatic rings. The molecule has 5 heteroatoms. The number of rotatable bonds is 5. The van der Waals surface area contributed by atoms with E-state index in [1.165, 1.54) is 123 Å². The molecule has 0 aliphatic carbocycles. The Labute approximate surface area is 503 Å². The number of hydrogen-bond donors (Lipinski definition) is 0. The quantitative estimate of drug-likeness (QED) is 0.153. The normalized spacial score (nSPS) is 12.0. The third kappa shape index (κ3) is 16.5. The summed E-state index contributed by atoms with van der Waals surface area (Å²) >= 11 is 0. The minimum atomic E-state index is -2.14. The molecule has 0 aliphatic rings. The minimum absolute atomic E-state index is 0.274. The summed E-state index contributed by atoms with van der Waals surface area (Å²) in [6.07, 6.45) is 10.2. The molecule has 0 fully saturated rings. The molecule has 0 atom stereocenters. The van der Waals surface area contributed by atoms with Crippen LogP contribution in [0.1, 0.15) is 103 Å². The van der Waals surface area contributed by atoms with Gasteiger partial charge in [0, 0.05) is 94.7 Å². The van der Waals surface area contributed by atoms with Crippen molar-refractivity contribution in [3.63, 3.8) is 0 Å². The lowest BCUT2D eigenvalue weighted by Crippen LogP contribution is -2.31. The van der Waals surface area contributed by atoms with Gasteiger partial charge in [-0.05, 0) is 216 Å². The van der Waals surface area contributed by atoms with Crippen molar-refractivity contribution in [3.05, 3.63) is 265 Å². The molecule has 0 amide bonds. The highest BCUT2D eigenvalue weighted by Gasteiger charge is 2.17. The number of nitrogens with zero attached hydrogens (tertiary/aromatic N) is 5. The summed E-state index contributed by atoms with van der Waals surface area (Å²) in [7, 11) is 10.2. The Morgan fingerprint density at radius 1 is 0.220 bits per heavy atom. The molecule has 422 valence electrons. The van der Waals surface area contributed by atoms with E-state index in [0.29, 0.717) is 5.56 Å². The van der Waals surface area contributed by atoms with Gasteiger partial charge in [-0.1, -0.05) is 76.9 Å². The molecule has 5 heterocycles. The Balaban J connectivity index is 0.000000176. The molecule has 0 aliphatic heterocycles. The van der Waals surface area contributed by atoms with Crippen molar-refractivity contribution < 1.29 is 31.1 Å². The lowest BCUT2D eigenvalue weighted by molar-refractivity contribution is -0.660. The van der Waals surface area contributed by atoms with Crippen molar-refractivity contribution in [1.82, 2.24) is 0 Å². The number of aromatic nitrogens is 5. The largest absolute Gasteiger partial charge is 0.212 e. The van der Waals surface area contributed by atoms with Gasteiger partial charge in [-0.2, -0.15) is 0 Å². The summed E-state index contributed by atoms with van der Waals surface area (Å²) in [6.45, 7) is 27.7. The van der Waals surface area contributed by atoms with E-state index >= 15 is 0 Å². The highest BCUT2D eigenvalue weighted by molar-refractivity contribution is 5.66. The molecular weight excluding hydrogens is 995 g/mol. The fourth-order valence-corrected chi connectivity index (χ4v) is 10.5. The number of hydrogen-bond acceptors (Lipinski definition) is 0. The van der Waals surface area contributed by atoms with Crippen molar-refractivity contribution >= 4 is 0 Å². The molecule has 0 saturated carbocycles. The zero-order chi connectivity index (χ0) is 65.3. The summed E-state index contributed by atoms with van der Waals surface area (Å²) in [4.78, 5) is 0. The van der Waals surface area contributed by atoms with Gasteiger partial charge < -0.3 is 0 Å². The second-order valence-electron chi connectivity index (χ2n) is 22.9. The van der Waals surface area contributed by atoms with Crippen molar-refractivity contribution in [2.75, 3.05) is 0 Å². The summed E-state index contributed by atoms with van der Waals surface area (Å²) in [6, 6.07) is 48.1. The average Bonchev–Trinajstić information content (AvgIpc) is 2.71. The standard InChI is InChI=1S/2C16H20N.3C15H18N/c1-11-6-7-16(17(5)10-11)15-9-13(3)12(2)8-14(15)4;1-11-6-7-15(13(3)8-11)16-9-12(2)14(4)10-17(16)5;2*1-11-5-7-14(13(3)9-11)15-8-6-12(2)10-16(15)4;1-11-5-6-14(13(3)9-11)15-10-12(2)7-8-16(15)4/h2*6-10H,1-5H3;3*5-10H,1-4H3/q5*+1/i;;1D3,2D3;;. The molecule has 82 heavy (non-hydrogen) atoms.